The molecule has 1 N–H and O–H groups in total. The van der Waals surface area contributed by atoms with Crippen molar-refractivity contribution in [3.8, 4) is 0 Å². The van der Waals surface area contributed by atoms with Crippen LogP contribution in [0.3, 0.4) is 0 Å². The topological polar surface area (TPSA) is 63.1 Å². The molecule has 1 amide bonds. The minimum absolute atomic E-state index is 0.0954. The molecular formula is C18H23N5O. The van der Waals surface area contributed by atoms with E-state index in [0.29, 0.717) is 12.5 Å². The molecule has 24 heavy (non-hydrogen) atoms. The molecule has 1 saturated carbocycles. The number of hydrogen-bond acceptors (Lipinski definition) is 4. The third-order valence-corrected chi connectivity index (χ3v) is 4.84. The minimum Gasteiger partial charge on any atom is -0.331 e. The van der Waals surface area contributed by atoms with Gasteiger partial charge in [-0.15, -0.1) is 0 Å². The van der Waals surface area contributed by atoms with Crippen LogP contribution in [0, 0.1) is 6.92 Å². The van der Waals surface area contributed by atoms with Gasteiger partial charge in [0.05, 0.1) is 18.8 Å². The summed E-state index contributed by atoms with van der Waals surface area (Å²) in [6, 6.07) is 4.68. The molecule has 2 aliphatic rings. The second-order valence-electron chi connectivity index (χ2n) is 6.81. The fourth-order valence-corrected chi connectivity index (χ4v) is 3.62. The zero-order valence-electron chi connectivity index (χ0n) is 13.9. The largest absolute Gasteiger partial charge is 0.331 e. The van der Waals surface area contributed by atoms with Gasteiger partial charge in [-0.25, -0.2) is 0 Å². The molecule has 0 spiro atoms. The Kier molecular flexibility index (Phi) is 4.06. The van der Waals surface area contributed by atoms with Crippen molar-refractivity contribution in [2.24, 2.45) is 0 Å². The number of aryl methyl sites for hydroxylation is 1. The molecule has 0 unspecified atom stereocenters. The molecule has 1 aliphatic heterocycles. The second kappa shape index (κ2) is 6.36. The molecular weight excluding hydrogens is 302 g/mol. The van der Waals surface area contributed by atoms with Crippen LogP contribution in [0.2, 0.25) is 0 Å². The summed E-state index contributed by atoms with van der Waals surface area (Å²) in [5, 5.41) is 7.89. The average Bonchev–Trinajstić information content (AvgIpc) is 3.25. The van der Waals surface area contributed by atoms with E-state index in [-0.39, 0.29) is 18.0 Å². The minimum atomic E-state index is 0.0954. The van der Waals surface area contributed by atoms with Crippen LogP contribution in [0.4, 0.5) is 0 Å². The molecule has 0 radical (unpaired) electrons. The van der Waals surface area contributed by atoms with Crippen LogP contribution in [0.1, 0.15) is 36.4 Å². The lowest BCUT2D eigenvalue weighted by Crippen LogP contribution is -2.38. The lowest BCUT2D eigenvalue weighted by Gasteiger charge is -2.29. The highest BCUT2D eigenvalue weighted by Gasteiger charge is 2.47. The lowest BCUT2D eigenvalue weighted by molar-refractivity contribution is -0.129. The van der Waals surface area contributed by atoms with Gasteiger partial charge in [0, 0.05) is 43.6 Å². The van der Waals surface area contributed by atoms with Crippen LogP contribution in [-0.2, 0) is 11.3 Å². The van der Waals surface area contributed by atoms with E-state index in [1.54, 1.807) is 6.20 Å². The number of nitrogens with one attached hydrogen (secondary N) is 1. The summed E-state index contributed by atoms with van der Waals surface area (Å²) >= 11 is 0. The molecule has 1 aliphatic carbocycles. The summed E-state index contributed by atoms with van der Waals surface area (Å²) in [6.45, 7) is 3.65. The van der Waals surface area contributed by atoms with Gasteiger partial charge >= 0.3 is 0 Å². The van der Waals surface area contributed by atoms with Crippen LogP contribution in [0.25, 0.3) is 0 Å². The first-order valence-corrected chi connectivity index (χ1v) is 8.66. The molecule has 1 saturated heterocycles. The molecule has 2 aromatic heterocycles. The van der Waals surface area contributed by atoms with E-state index in [4.69, 9.17) is 0 Å². The molecule has 2 atom stereocenters. The van der Waals surface area contributed by atoms with Crippen LogP contribution in [0.15, 0.2) is 36.9 Å². The van der Waals surface area contributed by atoms with E-state index in [2.05, 4.69) is 26.4 Å². The Labute approximate surface area is 141 Å². The molecule has 6 nitrogen and oxygen atoms in total. The molecule has 3 heterocycles. The fourth-order valence-electron chi connectivity index (χ4n) is 3.62. The number of likely N-dealkylation sites (tertiary alicyclic amines) is 1. The Bertz CT molecular complexity index is 709. The highest BCUT2D eigenvalue weighted by molar-refractivity contribution is 5.81. The Morgan fingerprint density at radius 1 is 1.33 bits per heavy atom. The molecule has 0 aromatic carbocycles. The van der Waals surface area contributed by atoms with Crippen molar-refractivity contribution in [3.05, 3.63) is 48.0 Å². The monoisotopic (exact) mass is 325 g/mol. The predicted molar refractivity (Wildman–Crippen MR) is 90.2 cm³/mol. The number of carbonyl (C=O) groups excluding carboxylic acids is 1. The van der Waals surface area contributed by atoms with Gasteiger partial charge in [-0.05, 0) is 37.0 Å². The summed E-state index contributed by atoms with van der Waals surface area (Å²) in [5.74, 6) is 0.263. The first kappa shape index (κ1) is 15.3. The normalized spacial score (nSPS) is 23.9. The summed E-state index contributed by atoms with van der Waals surface area (Å²) in [6.07, 6.45) is 10.4. The molecule has 4 rings (SSSR count). The highest BCUT2D eigenvalue weighted by Crippen LogP contribution is 2.41. The van der Waals surface area contributed by atoms with Gasteiger partial charge in [-0.1, -0.05) is 6.07 Å². The van der Waals surface area contributed by atoms with E-state index in [0.717, 1.165) is 31.5 Å². The van der Waals surface area contributed by atoms with Gasteiger partial charge in [-0.2, -0.15) is 5.10 Å². The number of hydrogen-bond donors (Lipinski definition) is 1. The van der Waals surface area contributed by atoms with Crippen LogP contribution in [0.5, 0.6) is 0 Å². The van der Waals surface area contributed by atoms with Gasteiger partial charge in [0.2, 0.25) is 5.91 Å². The first-order chi connectivity index (χ1) is 11.7. The van der Waals surface area contributed by atoms with Crippen molar-refractivity contribution >= 4 is 5.91 Å². The maximum Gasteiger partial charge on any atom is 0.225 e. The molecule has 0 bridgehead atoms. The van der Waals surface area contributed by atoms with Crippen molar-refractivity contribution < 1.29 is 4.79 Å². The Morgan fingerprint density at radius 3 is 2.88 bits per heavy atom. The van der Waals surface area contributed by atoms with Gasteiger partial charge in [0.25, 0.3) is 0 Å². The lowest BCUT2D eigenvalue weighted by atomic mass is 10.0. The highest BCUT2D eigenvalue weighted by atomic mass is 16.2. The van der Waals surface area contributed by atoms with E-state index >= 15 is 0 Å². The van der Waals surface area contributed by atoms with Gasteiger partial charge in [0.15, 0.2) is 0 Å². The number of rotatable bonds is 6. The molecule has 2 fully saturated rings. The van der Waals surface area contributed by atoms with E-state index < -0.39 is 0 Å². The van der Waals surface area contributed by atoms with Gasteiger partial charge in [0.1, 0.15) is 0 Å². The number of amides is 1. The van der Waals surface area contributed by atoms with Crippen molar-refractivity contribution in [2.75, 3.05) is 6.54 Å². The summed E-state index contributed by atoms with van der Waals surface area (Å²) in [4.78, 5) is 18.9. The van der Waals surface area contributed by atoms with Crippen molar-refractivity contribution in [1.82, 2.24) is 25.0 Å². The first-order valence-electron chi connectivity index (χ1n) is 8.66. The van der Waals surface area contributed by atoms with Crippen LogP contribution >= 0.6 is 0 Å². The SMILES string of the molecule is Cc1cnn(CCN[C@@H]2CC(=O)N(C3CC3)[C@H]2c2cccnc2)c1. The Balaban J connectivity index is 1.47. The number of carbonyl (C=O) groups is 1. The number of nitrogens with zero attached hydrogens (tertiary/aromatic N) is 4. The standard InChI is InChI=1S/C18H23N5O/c1-13-10-21-22(12-13)8-7-20-16-9-17(24)23(15-4-5-15)18(16)14-3-2-6-19-11-14/h2-3,6,10-12,15-16,18,20H,4-5,7-9H2,1H3/t16-,18+/m1/s1. The summed E-state index contributed by atoms with van der Waals surface area (Å²) in [5.41, 5.74) is 2.29. The molecule has 126 valence electrons. The van der Waals surface area contributed by atoms with Crippen LogP contribution in [-0.4, -0.2) is 44.2 Å². The quantitative estimate of drug-likeness (QED) is 0.878. The third kappa shape index (κ3) is 3.06. The zero-order chi connectivity index (χ0) is 16.5. The van der Waals surface area contributed by atoms with Crippen molar-refractivity contribution in [3.63, 3.8) is 0 Å². The second-order valence-corrected chi connectivity index (χ2v) is 6.81. The van der Waals surface area contributed by atoms with Gasteiger partial charge < -0.3 is 10.2 Å². The number of pyridine rings is 1. The Morgan fingerprint density at radius 2 is 2.21 bits per heavy atom. The maximum absolute atomic E-state index is 12.5. The van der Waals surface area contributed by atoms with Crippen molar-refractivity contribution in [2.45, 2.75) is 50.9 Å². The predicted octanol–water partition coefficient (Wildman–Crippen LogP) is 1.68. The average molecular weight is 325 g/mol. The maximum atomic E-state index is 12.5. The fraction of sp³-hybridized carbons (Fsp3) is 0.500. The third-order valence-electron chi connectivity index (χ3n) is 4.84. The van der Waals surface area contributed by atoms with E-state index in [9.17, 15) is 4.79 Å². The molecule has 6 heteroatoms. The van der Waals surface area contributed by atoms with Crippen molar-refractivity contribution in [1.29, 1.82) is 0 Å². The summed E-state index contributed by atoms with van der Waals surface area (Å²) < 4.78 is 1.94. The zero-order valence-corrected chi connectivity index (χ0v) is 13.9. The van der Waals surface area contributed by atoms with Gasteiger partial charge in [-0.3, -0.25) is 14.5 Å². The number of aromatic nitrogens is 3. The van der Waals surface area contributed by atoms with E-state index in [1.807, 2.05) is 36.3 Å². The Hall–Kier alpha value is -2.21. The summed E-state index contributed by atoms with van der Waals surface area (Å²) in [7, 11) is 0. The smallest absolute Gasteiger partial charge is 0.225 e. The molecule has 2 aromatic rings. The van der Waals surface area contributed by atoms with E-state index in [1.165, 1.54) is 5.56 Å². The van der Waals surface area contributed by atoms with Crippen LogP contribution < -0.4 is 5.32 Å².